The number of carbonyl (C=O) groups is 1. The van der Waals surface area contributed by atoms with Crippen LogP contribution in [0.4, 0.5) is 0 Å². The number of hydrogen-bond acceptors (Lipinski definition) is 5. The Balaban J connectivity index is 1.53. The van der Waals surface area contributed by atoms with E-state index in [0.29, 0.717) is 31.9 Å². The number of ether oxygens (including phenoxy) is 1. The van der Waals surface area contributed by atoms with E-state index in [0.717, 1.165) is 12.1 Å². The zero-order valence-corrected chi connectivity index (χ0v) is 12.8. The zero-order chi connectivity index (χ0) is 15.9. The van der Waals surface area contributed by atoms with Crippen LogP contribution in [0.2, 0.25) is 0 Å². The molecule has 2 aliphatic rings. The van der Waals surface area contributed by atoms with Gasteiger partial charge in [0, 0.05) is 49.7 Å². The number of fused-ring (bicyclic) bond motifs is 1. The molecule has 0 bridgehead atoms. The van der Waals surface area contributed by atoms with Crippen LogP contribution in [0, 0.1) is 5.92 Å². The molecule has 2 aromatic rings. The second-order valence-corrected chi connectivity index (χ2v) is 6.32. The van der Waals surface area contributed by atoms with Crippen molar-refractivity contribution in [2.45, 2.75) is 12.0 Å². The highest BCUT2D eigenvalue weighted by Crippen LogP contribution is 2.32. The molecule has 0 unspecified atom stereocenters. The second kappa shape index (κ2) is 5.43. The lowest BCUT2D eigenvalue weighted by atomic mass is 9.84. The maximum atomic E-state index is 12.7. The van der Waals surface area contributed by atoms with Gasteiger partial charge in [0.2, 0.25) is 0 Å². The van der Waals surface area contributed by atoms with Crippen molar-refractivity contribution in [1.29, 1.82) is 0 Å². The minimum atomic E-state index is -0.311. The standard InChI is InChI=1S/C16H19N5O2/c17-16-3-6-23-10-13(16)9-20(11-16)15(22)12-7-19-21(8-12)14-1-4-18-5-2-14/h1-2,4-5,7-8,13H,3,6,9-11,17H2/t13-,16+/m0/s1. The molecule has 2 aliphatic heterocycles. The number of nitrogens with two attached hydrogens (primary N) is 1. The fraction of sp³-hybridized carbons (Fsp3) is 0.438. The van der Waals surface area contributed by atoms with Crippen LogP contribution in [0.15, 0.2) is 36.9 Å². The summed E-state index contributed by atoms with van der Waals surface area (Å²) in [7, 11) is 0. The number of likely N-dealkylation sites (tertiary alicyclic amines) is 1. The lowest BCUT2D eigenvalue weighted by Gasteiger charge is -2.34. The van der Waals surface area contributed by atoms with Crippen molar-refractivity contribution >= 4 is 5.91 Å². The molecule has 2 atom stereocenters. The lowest BCUT2D eigenvalue weighted by Crippen LogP contribution is -2.52. The van der Waals surface area contributed by atoms with Crippen molar-refractivity contribution in [3.8, 4) is 5.69 Å². The van der Waals surface area contributed by atoms with Gasteiger partial charge in [-0.15, -0.1) is 0 Å². The molecule has 0 aliphatic carbocycles. The van der Waals surface area contributed by atoms with E-state index in [1.54, 1.807) is 29.5 Å². The largest absolute Gasteiger partial charge is 0.381 e. The summed E-state index contributed by atoms with van der Waals surface area (Å²) in [5.74, 6) is 0.194. The topological polar surface area (TPSA) is 86.3 Å². The molecular formula is C16H19N5O2. The smallest absolute Gasteiger partial charge is 0.257 e. The van der Waals surface area contributed by atoms with E-state index in [1.807, 2.05) is 17.0 Å². The van der Waals surface area contributed by atoms with Crippen LogP contribution in [-0.4, -0.2) is 57.4 Å². The first-order chi connectivity index (χ1) is 11.2. The third kappa shape index (κ3) is 2.51. The molecule has 0 spiro atoms. The highest BCUT2D eigenvalue weighted by Gasteiger charge is 2.47. The monoisotopic (exact) mass is 313 g/mol. The summed E-state index contributed by atoms with van der Waals surface area (Å²) in [5, 5.41) is 4.27. The molecule has 0 aromatic carbocycles. The maximum Gasteiger partial charge on any atom is 0.257 e. The SMILES string of the molecule is N[C@@]12CCOC[C@@H]1CN(C(=O)c1cnn(-c3ccncc3)c1)C2. The Morgan fingerprint density at radius 1 is 1.39 bits per heavy atom. The average Bonchev–Trinajstić information content (AvgIpc) is 3.19. The van der Waals surface area contributed by atoms with Gasteiger partial charge in [-0.1, -0.05) is 0 Å². The Hall–Kier alpha value is -2.25. The van der Waals surface area contributed by atoms with E-state index in [9.17, 15) is 4.79 Å². The van der Waals surface area contributed by atoms with Crippen molar-refractivity contribution in [3.63, 3.8) is 0 Å². The number of carbonyl (C=O) groups excluding carboxylic acids is 1. The first-order valence-corrected chi connectivity index (χ1v) is 7.77. The third-order valence-electron chi connectivity index (χ3n) is 4.81. The van der Waals surface area contributed by atoms with E-state index < -0.39 is 0 Å². The molecule has 2 saturated heterocycles. The molecule has 2 fully saturated rings. The predicted octanol–water partition coefficient (Wildman–Crippen LogP) is 0.457. The van der Waals surface area contributed by atoms with E-state index >= 15 is 0 Å². The van der Waals surface area contributed by atoms with Gasteiger partial charge in [-0.2, -0.15) is 5.10 Å². The number of hydrogen-bond donors (Lipinski definition) is 1. The Kier molecular flexibility index (Phi) is 3.39. The van der Waals surface area contributed by atoms with Crippen LogP contribution >= 0.6 is 0 Å². The summed E-state index contributed by atoms with van der Waals surface area (Å²) in [5.41, 5.74) is 7.60. The van der Waals surface area contributed by atoms with Crippen LogP contribution in [0.5, 0.6) is 0 Å². The number of rotatable bonds is 2. The van der Waals surface area contributed by atoms with Gasteiger partial charge in [-0.3, -0.25) is 9.78 Å². The molecule has 7 heteroatoms. The minimum Gasteiger partial charge on any atom is -0.381 e. The molecule has 0 radical (unpaired) electrons. The van der Waals surface area contributed by atoms with E-state index in [-0.39, 0.29) is 17.4 Å². The van der Waals surface area contributed by atoms with Crippen molar-refractivity contribution < 1.29 is 9.53 Å². The van der Waals surface area contributed by atoms with Gasteiger partial charge >= 0.3 is 0 Å². The number of pyridine rings is 1. The minimum absolute atomic E-state index is 0.0236. The van der Waals surface area contributed by atoms with Gasteiger partial charge in [0.25, 0.3) is 5.91 Å². The summed E-state index contributed by atoms with van der Waals surface area (Å²) < 4.78 is 7.18. The average molecular weight is 313 g/mol. The first-order valence-electron chi connectivity index (χ1n) is 7.77. The van der Waals surface area contributed by atoms with E-state index in [2.05, 4.69) is 10.1 Å². The summed E-state index contributed by atoms with van der Waals surface area (Å²) in [6.07, 6.45) is 7.55. The molecule has 4 rings (SSSR count). The lowest BCUT2D eigenvalue weighted by molar-refractivity contribution is 0.0241. The van der Waals surface area contributed by atoms with Gasteiger partial charge in [0.05, 0.1) is 24.1 Å². The Morgan fingerprint density at radius 3 is 3.00 bits per heavy atom. The second-order valence-electron chi connectivity index (χ2n) is 6.32. The van der Waals surface area contributed by atoms with Gasteiger partial charge in [-0.05, 0) is 18.6 Å². The molecule has 7 nitrogen and oxygen atoms in total. The van der Waals surface area contributed by atoms with Crippen LogP contribution < -0.4 is 5.73 Å². The van der Waals surface area contributed by atoms with Crippen molar-refractivity contribution in [2.24, 2.45) is 11.7 Å². The molecular weight excluding hydrogens is 294 g/mol. The third-order valence-corrected chi connectivity index (χ3v) is 4.81. The van der Waals surface area contributed by atoms with Gasteiger partial charge in [0.15, 0.2) is 0 Å². The Morgan fingerprint density at radius 2 is 2.22 bits per heavy atom. The number of aromatic nitrogens is 3. The van der Waals surface area contributed by atoms with Crippen LogP contribution in [0.25, 0.3) is 5.69 Å². The molecule has 0 saturated carbocycles. The predicted molar refractivity (Wildman–Crippen MR) is 83.1 cm³/mol. The number of amides is 1. The van der Waals surface area contributed by atoms with Gasteiger partial charge in [-0.25, -0.2) is 4.68 Å². The van der Waals surface area contributed by atoms with Crippen LogP contribution in [0.3, 0.4) is 0 Å². The van der Waals surface area contributed by atoms with Crippen molar-refractivity contribution in [2.75, 3.05) is 26.3 Å². The quantitative estimate of drug-likeness (QED) is 0.870. The van der Waals surface area contributed by atoms with E-state index in [4.69, 9.17) is 10.5 Å². The molecule has 2 N–H and O–H groups in total. The first kappa shape index (κ1) is 14.3. The fourth-order valence-corrected chi connectivity index (χ4v) is 3.39. The maximum absolute atomic E-state index is 12.7. The van der Waals surface area contributed by atoms with Crippen molar-refractivity contribution in [1.82, 2.24) is 19.7 Å². The summed E-state index contributed by atoms with van der Waals surface area (Å²) in [4.78, 5) is 18.6. The highest BCUT2D eigenvalue weighted by molar-refractivity contribution is 5.94. The summed E-state index contributed by atoms with van der Waals surface area (Å²) in [6.45, 7) is 2.54. The van der Waals surface area contributed by atoms with Gasteiger partial charge < -0.3 is 15.4 Å². The fourth-order valence-electron chi connectivity index (χ4n) is 3.39. The van der Waals surface area contributed by atoms with Crippen LogP contribution in [0.1, 0.15) is 16.8 Å². The Bertz CT molecular complexity index is 716. The molecule has 120 valence electrons. The molecule has 1 amide bonds. The van der Waals surface area contributed by atoms with Crippen LogP contribution in [-0.2, 0) is 4.74 Å². The summed E-state index contributed by atoms with van der Waals surface area (Å²) >= 11 is 0. The van der Waals surface area contributed by atoms with E-state index in [1.165, 1.54) is 0 Å². The molecule has 23 heavy (non-hydrogen) atoms. The molecule has 4 heterocycles. The zero-order valence-electron chi connectivity index (χ0n) is 12.8. The normalized spacial score (nSPS) is 27.0. The highest BCUT2D eigenvalue weighted by atomic mass is 16.5. The van der Waals surface area contributed by atoms with Crippen molar-refractivity contribution in [3.05, 3.63) is 42.5 Å². The number of nitrogens with zero attached hydrogens (tertiary/aromatic N) is 4. The Labute approximate surface area is 134 Å². The molecule has 2 aromatic heterocycles. The van der Waals surface area contributed by atoms with Gasteiger partial charge in [0.1, 0.15) is 0 Å². The summed E-state index contributed by atoms with van der Waals surface area (Å²) in [6, 6.07) is 3.69.